The molecular weight excluding hydrogens is 677 g/mol. The van der Waals surface area contributed by atoms with Crippen molar-refractivity contribution in [3.8, 4) is 16.9 Å². The van der Waals surface area contributed by atoms with Gasteiger partial charge in [0.2, 0.25) is 0 Å². The molecule has 0 spiro atoms. The lowest BCUT2D eigenvalue weighted by Crippen LogP contribution is -2.12. The van der Waals surface area contributed by atoms with Crippen LogP contribution in [0.1, 0.15) is 50.8 Å². The Morgan fingerprint density at radius 3 is 2.72 bits per heavy atom. The average Bonchev–Trinajstić information content (AvgIpc) is 3.69. The number of thioether (sulfide) groups is 1. The second kappa shape index (κ2) is 14.1. The number of rotatable bonds is 4. The molecule has 7 rings (SSSR count). The smallest absolute Gasteiger partial charge is 0.352 e. The molecule has 1 aliphatic heterocycles. The van der Waals surface area contributed by atoms with Crippen LogP contribution in [0.3, 0.4) is 0 Å². The van der Waals surface area contributed by atoms with Crippen LogP contribution in [0.15, 0.2) is 48.5 Å². The van der Waals surface area contributed by atoms with Gasteiger partial charge in [-0.1, -0.05) is 17.7 Å². The highest BCUT2D eigenvalue weighted by Gasteiger charge is 2.27. The number of aromatic nitrogens is 5. The Kier molecular flexibility index (Phi) is 9.65. The van der Waals surface area contributed by atoms with E-state index in [0.717, 1.165) is 74.0 Å². The fourth-order valence-corrected chi connectivity index (χ4v) is 8.45. The first-order valence-corrected chi connectivity index (χ1v) is 18.2. The molecule has 0 saturated heterocycles. The lowest BCUT2D eigenvalue weighted by atomic mass is 9.97. The Bertz CT molecular complexity index is 2260. The van der Waals surface area contributed by atoms with Crippen LogP contribution >= 0.6 is 23.4 Å². The van der Waals surface area contributed by atoms with Crippen molar-refractivity contribution in [1.29, 1.82) is 0 Å². The topological polar surface area (TPSA) is 96.3 Å². The molecule has 9 nitrogen and oxygen atoms in total. The summed E-state index contributed by atoms with van der Waals surface area (Å²) in [4.78, 5) is 12.8. The monoisotopic (exact) mass is 715 g/mol. The van der Waals surface area contributed by atoms with E-state index in [1.54, 1.807) is 24.9 Å². The summed E-state index contributed by atoms with van der Waals surface area (Å²) in [5.41, 5.74) is 8.31. The first kappa shape index (κ1) is 34.1. The summed E-state index contributed by atoms with van der Waals surface area (Å²) in [5, 5.41) is 23.2. The number of carboxylic acid groups (broad SMARTS) is 1. The molecule has 6 aromatic rings. The maximum atomic E-state index is 14.3. The molecule has 0 atom stereocenters. The first-order chi connectivity index (χ1) is 24.1. The van der Waals surface area contributed by atoms with Crippen LogP contribution < -0.4 is 4.74 Å². The third-order valence-electron chi connectivity index (χ3n) is 9.52. The van der Waals surface area contributed by atoms with Crippen LogP contribution in [0.2, 0.25) is 5.02 Å². The minimum absolute atomic E-state index is 0.222. The number of carboxylic acids is 1. The van der Waals surface area contributed by atoms with Gasteiger partial charge in [-0.15, -0.1) is 11.8 Å². The normalized spacial score (nSPS) is 14.1. The molecule has 0 unspecified atom stereocenters. The minimum atomic E-state index is -1.00. The number of hydrogen-bond donors (Lipinski definition) is 1. The van der Waals surface area contributed by atoms with Crippen LogP contribution in [0.25, 0.3) is 32.8 Å². The van der Waals surface area contributed by atoms with E-state index in [1.165, 1.54) is 12.1 Å². The third kappa shape index (κ3) is 6.38. The van der Waals surface area contributed by atoms with E-state index < -0.39 is 5.97 Å². The van der Waals surface area contributed by atoms with Crippen molar-refractivity contribution in [2.75, 3.05) is 20.3 Å². The molecule has 50 heavy (non-hydrogen) atoms. The molecule has 0 amide bonds. The van der Waals surface area contributed by atoms with Gasteiger partial charge in [-0.2, -0.15) is 10.2 Å². The zero-order chi connectivity index (χ0) is 35.1. The molecule has 0 fully saturated rings. The molecule has 12 heteroatoms. The summed E-state index contributed by atoms with van der Waals surface area (Å²) in [6, 6.07) is 14.7. The van der Waals surface area contributed by atoms with Gasteiger partial charge in [0.1, 0.15) is 17.3 Å². The lowest BCUT2D eigenvalue weighted by Gasteiger charge is -2.14. The maximum absolute atomic E-state index is 14.3. The quantitative estimate of drug-likeness (QED) is 0.197. The van der Waals surface area contributed by atoms with Gasteiger partial charge < -0.3 is 19.1 Å². The van der Waals surface area contributed by atoms with Gasteiger partial charge in [0.15, 0.2) is 0 Å². The van der Waals surface area contributed by atoms with E-state index in [-0.39, 0.29) is 11.5 Å². The van der Waals surface area contributed by atoms with Gasteiger partial charge in [-0.25, -0.2) is 9.18 Å². The van der Waals surface area contributed by atoms with Crippen molar-refractivity contribution in [2.24, 2.45) is 7.05 Å². The Labute approximate surface area is 298 Å². The second-order valence-electron chi connectivity index (χ2n) is 12.8. The number of ether oxygens (including phenoxy) is 2. The molecule has 0 saturated carbocycles. The largest absolute Gasteiger partial charge is 0.493 e. The number of methoxy groups -OCH3 is 1. The number of benzene rings is 3. The predicted molar refractivity (Wildman–Crippen MR) is 196 cm³/mol. The number of aromatic carboxylic acids is 1. The zero-order valence-electron chi connectivity index (χ0n) is 28.6. The SMILES string of the molecule is COCCn1nc(C)c2c1CSCc1cc(n(C)n1)CCc1cc(c3ccc(F)cc3c1)OCCCn1c(C(=O)O)c(C)c3c-2c(Cl)ccc31. The van der Waals surface area contributed by atoms with Gasteiger partial charge in [0.25, 0.3) is 0 Å². The van der Waals surface area contributed by atoms with Crippen LogP contribution in [-0.4, -0.2) is 55.5 Å². The second-order valence-corrected chi connectivity index (χ2v) is 14.2. The standard InChI is InChI=1S/C38H39ClFN5O4S/c1-22-34-31-11-10-30(39)36(34)35-23(2)41-45(13-15-48-4)32(35)21-50-20-27-19-28(43(3)42-27)8-6-24-16-25-18-26(40)7-9-29(25)33(17-24)49-14-5-12-44(31)37(22)38(46)47/h7,9-11,16-19H,5-6,8,12-15,20-21H2,1-4H3,(H,46,47). The van der Waals surface area contributed by atoms with E-state index >= 15 is 0 Å². The molecule has 1 aliphatic rings. The fourth-order valence-electron chi connectivity index (χ4n) is 7.26. The molecule has 8 bridgehead atoms. The Hall–Kier alpha value is -4.32. The molecular formula is C38H39ClFN5O4S. The van der Waals surface area contributed by atoms with Gasteiger partial charge in [-0.05, 0) is 92.1 Å². The van der Waals surface area contributed by atoms with Gasteiger partial charge >= 0.3 is 5.97 Å². The number of carbonyl (C=O) groups is 1. The number of aryl methyl sites for hydroxylation is 6. The number of hydrogen-bond acceptors (Lipinski definition) is 6. The summed E-state index contributed by atoms with van der Waals surface area (Å²) in [6.45, 7) is 5.64. The highest BCUT2D eigenvalue weighted by molar-refractivity contribution is 7.97. The minimum Gasteiger partial charge on any atom is -0.493 e. The zero-order valence-corrected chi connectivity index (χ0v) is 30.1. The van der Waals surface area contributed by atoms with Crippen molar-refractivity contribution < 1.29 is 23.8 Å². The Balaban J connectivity index is 1.37. The molecule has 1 N–H and O–H groups in total. The Morgan fingerprint density at radius 1 is 1.08 bits per heavy atom. The number of halogens is 2. The third-order valence-corrected chi connectivity index (χ3v) is 10.8. The summed E-state index contributed by atoms with van der Waals surface area (Å²) in [5.74, 6) is 0.699. The van der Waals surface area contributed by atoms with E-state index in [9.17, 15) is 14.3 Å². The first-order valence-electron chi connectivity index (χ1n) is 16.7. The number of nitrogens with zero attached hydrogens (tertiary/aromatic N) is 5. The highest BCUT2D eigenvalue weighted by Crippen LogP contribution is 2.43. The van der Waals surface area contributed by atoms with Crippen molar-refractivity contribution in [3.63, 3.8) is 0 Å². The highest BCUT2D eigenvalue weighted by atomic mass is 35.5. The van der Waals surface area contributed by atoms with Crippen molar-refractivity contribution >= 4 is 51.0 Å². The Morgan fingerprint density at radius 2 is 1.92 bits per heavy atom. The van der Waals surface area contributed by atoms with Crippen LogP contribution in [0.4, 0.5) is 4.39 Å². The van der Waals surface area contributed by atoms with Crippen LogP contribution in [0, 0.1) is 19.7 Å². The van der Waals surface area contributed by atoms with Crippen LogP contribution in [0.5, 0.6) is 5.75 Å². The molecule has 3 aromatic heterocycles. The van der Waals surface area contributed by atoms with E-state index in [2.05, 4.69) is 6.07 Å². The van der Waals surface area contributed by atoms with E-state index in [0.29, 0.717) is 60.6 Å². The predicted octanol–water partition coefficient (Wildman–Crippen LogP) is 8.15. The summed E-state index contributed by atoms with van der Waals surface area (Å²) in [6.07, 6.45) is 2.04. The molecule has 4 heterocycles. The van der Waals surface area contributed by atoms with Gasteiger partial charge in [0.05, 0.1) is 36.8 Å². The lowest BCUT2D eigenvalue weighted by molar-refractivity contribution is 0.0684. The van der Waals surface area contributed by atoms with Crippen molar-refractivity contribution in [3.05, 3.63) is 99.0 Å². The molecule has 0 aliphatic carbocycles. The van der Waals surface area contributed by atoms with Crippen molar-refractivity contribution in [1.82, 2.24) is 24.1 Å². The molecule has 3 aromatic carbocycles. The summed E-state index contributed by atoms with van der Waals surface area (Å²) < 4.78 is 31.9. The molecule has 260 valence electrons. The van der Waals surface area contributed by atoms with E-state index in [4.69, 9.17) is 31.3 Å². The van der Waals surface area contributed by atoms with Gasteiger partial charge in [0, 0.05) is 70.3 Å². The van der Waals surface area contributed by atoms with Crippen LogP contribution in [-0.2, 0) is 49.2 Å². The average molecular weight is 716 g/mol. The summed E-state index contributed by atoms with van der Waals surface area (Å²) >= 11 is 8.79. The van der Waals surface area contributed by atoms with E-state index in [1.807, 2.05) is 59.1 Å². The summed E-state index contributed by atoms with van der Waals surface area (Å²) in [7, 11) is 3.64. The maximum Gasteiger partial charge on any atom is 0.352 e. The number of fused-ring (bicyclic) bond motifs is 8. The fraction of sp³-hybridized carbons (Fsp3) is 0.342. The van der Waals surface area contributed by atoms with Gasteiger partial charge in [-0.3, -0.25) is 9.36 Å². The van der Waals surface area contributed by atoms with Crippen molar-refractivity contribution in [2.45, 2.75) is 57.7 Å². The molecule has 0 radical (unpaired) electrons.